The molecule has 0 saturated carbocycles. The molecule has 0 aliphatic heterocycles. The van der Waals surface area contributed by atoms with Gasteiger partial charge in [0.25, 0.3) is 0 Å². The lowest BCUT2D eigenvalue weighted by atomic mass is 9.95. The third-order valence-electron chi connectivity index (χ3n) is 4.21. The summed E-state index contributed by atoms with van der Waals surface area (Å²) in [6.07, 6.45) is -4.91. The molecular formula is C21H13F5O5. The van der Waals surface area contributed by atoms with Gasteiger partial charge in [-0.2, -0.15) is 22.0 Å². The molecule has 0 aliphatic carbocycles. The van der Waals surface area contributed by atoms with Crippen molar-refractivity contribution >= 4 is 16.9 Å². The van der Waals surface area contributed by atoms with Gasteiger partial charge in [0.1, 0.15) is 11.3 Å². The van der Waals surface area contributed by atoms with Gasteiger partial charge in [-0.25, -0.2) is 9.59 Å². The van der Waals surface area contributed by atoms with Crippen molar-refractivity contribution in [3.8, 4) is 16.9 Å². The lowest BCUT2D eigenvalue weighted by molar-refractivity contribution is -0.289. The summed E-state index contributed by atoms with van der Waals surface area (Å²) in [7, 11) is 0. The Hall–Kier alpha value is -3.69. The average Bonchev–Trinajstić information content (AvgIpc) is 2.72. The normalized spacial score (nSPS) is 11.9. The van der Waals surface area contributed by atoms with Crippen LogP contribution in [0.25, 0.3) is 22.1 Å². The third-order valence-corrected chi connectivity index (χ3v) is 4.21. The number of halogens is 5. The van der Waals surface area contributed by atoms with Crippen LogP contribution in [0, 0.1) is 0 Å². The Morgan fingerprint density at radius 3 is 2.42 bits per heavy atom. The standard InChI is InChI=1S/C21H13F5O5/c1-2-18(27)30-11-29-13-8-7-12-9-15(19(28)31-17(12)10-13)14-5-3-4-6-16(14)20(22,23)21(24,25)26/h2-10H,1,11H2. The van der Waals surface area contributed by atoms with Crippen molar-refractivity contribution in [3.63, 3.8) is 0 Å². The van der Waals surface area contributed by atoms with Crippen LogP contribution in [0.1, 0.15) is 5.56 Å². The third kappa shape index (κ3) is 4.42. The summed E-state index contributed by atoms with van der Waals surface area (Å²) in [6, 6.07) is 9.07. The van der Waals surface area contributed by atoms with Gasteiger partial charge in [-0.1, -0.05) is 30.8 Å². The molecule has 0 aliphatic rings. The molecule has 0 fully saturated rings. The first-order valence-corrected chi connectivity index (χ1v) is 8.59. The number of carbonyl (C=O) groups excluding carboxylic acids is 1. The van der Waals surface area contributed by atoms with Crippen LogP contribution in [-0.2, 0) is 15.5 Å². The summed E-state index contributed by atoms with van der Waals surface area (Å²) in [4.78, 5) is 23.4. The van der Waals surface area contributed by atoms with Crippen LogP contribution in [0.15, 0.2) is 70.4 Å². The highest BCUT2D eigenvalue weighted by Gasteiger charge is 2.59. The van der Waals surface area contributed by atoms with Crippen LogP contribution in [0.4, 0.5) is 22.0 Å². The van der Waals surface area contributed by atoms with Gasteiger partial charge < -0.3 is 13.9 Å². The van der Waals surface area contributed by atoms with Crippen molar-refractivity contribution in [2.75, 3.05) is 6.79 Å². The van der Waals surface area contributed by atoms with Gasteiger partial charge in [-0.3, -0.25) is 0 Å². The second-order valence-corrected chi connectivity index (χ2v) is 6.19. The maximum atomic E-state index is 14.0. The topological polar surface area (TPSA) is 65.7 Å². The molecule has 3 rings (SSSR count). The second kappa shape index (κ2) is 8.21. The Balaban J connectivity index is 2.01. The fourth-order valence-electron chi connectivity index (χ4n) is 2.73. The summed E-state index contributed by atoms with van der Waals surface area (Å²) < 4.78 is 81.6. The molecule has 2 aromatic carbocycles. The molecule has 0 saturated heterocycles. The van der Waals surface area contributed by atoms with E-state index >= 15 is 0 Å². The van der Waals surface area contributed by atoms with Crippen molar-refractivity contribution in [2.24, 2.45) is 0 Å². The maximum absolute atomic E-state index is 14.0. The van der Waals surface area contributed by atoms with Crippen LogP contribution in [0.2, 0.25) is 0 Å². The highest BCUT2D eigenvalue weighted by Crippen LogP contribution is 2.46. The summed E-state index contributed by atoms with van der Waals surface area (Å²) in [6.45, 7) is 2.77. The molecule has 0 spiro atoms. The summed E-state index contributed by atoms with van der Waals surface area (Å²) in [5, 5.41) is 0.246. The number of ether oxygens (including phenoxy) is 2. The first kappa shape index (κ1) is 22.0. The Morgan fingerprint density at radius 2 is 1.74 bits per heavy atom. The molecule has 1 aromatic heterocycles. The fraction of sp³-hybridized carbons (Fsp3) is 0.143. The van der Waals surface area contributed by atoms with Gasteiger partial charge in [0.05, 0.1) is 5.56 Å². The van der Waals surface area contributed by atoms with E-state index < -0.39 is 47.2 Å². The van der Waals surface area contributed by atoms with Crippen LogP contribution >= 0.6 is 0 Å². The Labute approximate surface area is 171 Å². The number of fused-ring (bicyclic) bond motifs is 1. The van der Waals surface area contributed by atoms with Gasteiger partial charge in [0, 0.05) is 23.1 Å². The summed E-state index contributed by atoms with van der Waals surface area (Å²) in [5.74, 6) is -5.73. The molecule has 0 bridgehead atoms. The highest BCUT2D eigenvalue weighted by molar-refractivity contribution is 5.83. The van der Waals surface area contributed by atoms with Crippen LogP contribution in [-0.4, -0.2) is 18.9 Å². The zero-order valence-electron chi connectivity index (χ0n) is 15.5. The van der Waals surface area contributed by atoms with E-state index in [0.717, 1.165) is 24.3 Å². The monoisotopic (exact) mass is 440 g/mol. The first-order chi connectivity index (χ1) is 14.5. The van der Waals surface area contributed by atoms with Gasteiger partial charge in [-0.15, -0.1) is 0 Å². The van der Waals surface area contributed by atoms with Crippen molar-refractivity contribution in [2.45, 2.75) is 12.1 Å². The van der Waals surface area contributed by atoms with Crippen LogP contribution in [0.5, 0.6) is 5.75 Å². The SMILES string of the molecule is C=CC(=O)OCOc1ccc2cc(-c3ccccc3C(F)(F)C(F)(F)F)c(=O)oc2c1. The molecule has 162 valence electrons. The molecule has 0 radical (unpaired) electrons. The molecule has 3 aromatic rings. The number of hydrogen-bond acceptors (Lipinski definition) is 5. The largest absolute Gasteiger partial charge is 0.458 e. The lowest BCUT2D eigenvalue weighted by Crippen LogP contribution is -2.34. The van der Waals surface area contributed by atoms with Gasteiger partial charge in [-0.05, 0) is 23.8 Å². The second-order valence-electron chi connectivity index (χ2n) is 6.19. The van der Waals surface area contributed by atoms with Gasteiger partial charge in [0.15, 0.2) is 0 Å². The zero-order chi connectivity index (χ0) is 22.8. The smallest absolute Gasteiger partial charge is 0.457 e. The molecule has 31 heavy (non-hydrogen) atoms. The summed E-state index contributed by atoms with van der Waals surface area (Å²) in [5.41, 5.74) is -3.55. The Kier molecular flexibility index (Phi) is 5.83. The Bertz CT molecular complexity index is 1200. The van der Waals surface area contributed by atoms with Crippen LogP contribution < -0.4 is 10.4 Å². The molecule has 0 N–H and O–H groups in total. The van der Waals surface area contributed by atoms with Gasteiger partial charge >= 0.3 is 23.7 Å². The highest BCUT2D eigenvalue weighted by atomic mass is 19.4. The van der Waals surface area contributed by atoms with E-state index in [1.165, 1.54) is 24.3 Å². The predicted octanol–water partition coefficient (Wildman–Crippen LogP) is 5.18. The lowest BCUT2D eigenvalue weighted by Gasteiger charge is -2.22. The minimum atomic E-state index is -5.85. The van der Waals surface area contributed by atoms with Crippen molar-refractivity contribution in [3.05, 3.63) is 77.2 Å². The zero-order valence-corrected chi connectivity index (χ0v) is 15.5. The van der Waals surface area contributed by atoms with E-state index in [1.807, 2.05) is 0 Å². The van der Waals surface area contributed by atoms with E-state index in [0.29, 0.717) is 6.07 Å². The molecule has 0 unspecified atom stereocenters. The van der Waals surface area contributed by atoms with Crippen LogP contribution in [0.3, 0.4) is 0 Å². The molecule has 0 amide bonds. The van der Waals surface area contributed by atoms with Crippen molar-refractivity contribution in [1.29, 1.82) is 0 Å². The molecule has 5 nitrogen and oxygen atoms in total. The number of esters is 1. The van der Waals surface area contributed by atoms with Crippen molar-refractivity contribution < 1.29 is 40.6 Å². The van der Waals surface area contributed by atoms with E-state index in [9.17, 15) is 31.5 Å². The number of rotatable bonds is 6. The number of carbonyl (C=O) groups is 1. The Morgan fingerprint density at radius 1 is 1.03 bits per heavy atom. The number of alkyl halides is 5. The summed E-state index contributed by atoms with van der Waals surface area (Å²) >= 11 is 0. The molecule has 10 heteroatoms. The average molecular weight is 440 g/mol. The van der Waals surface area contributed by atoms with E-state index in [2.05, 4.69) is 11.3 Å². The molecule has 1 heterocycles. The minimum Gasteiger partial charge on any atom is -0.457 e. The number of hydrogen-bond donors (Lipinski definition) is 0. The molecule has 0 atom stereocenters. The molecular weight excluding hydrogens is 427 g/mol. The van der Waals surface area contributed by atoms with Crippen molar-refractivity contribution in [1.82, 2.24) is 0 Å². The first-order valence-electron chi connectivity index (χ1n) is 8.59. The van der Waals surface area contributed by atoms with E-state index in [1.54, 1.807) is 0 Å². The fourth-order valence-corrected chi connectivity index (χ4v) is 2.73. The van der Waals surface area contributed by atoms with Gasteiger partial charge in [0.2, 0.25) is 6.79 Å². The minimum absolute atomic E-state index is 0.0126. The number of benzene rings is 2. The maximum Gasteiger partial charge on any atom is 0.458 e. The van der Waals surface area contributed by atoms with E-state index in [4.69, 9.17) is 9.15 Å². The predicted molar refractivity (Wildman–Crippen MR) is 99.7 cm³/mol. The van der Waals surface area contributed by atoms with E-state index in [-0.39, 0.29) is 16.7 Å². The quantitative estimate of drug-likeness (QED) is 0.174.